The number of aliphatic hydroxyl groups is 1. The number of hydrogen-bond donors (Lipinski definition) is 2. The van der Waals surface area contributed by atoms with Gasteiger partial charge in [0.05, 0.1) is 6.04 Å². The number of Topliss-reactive ketones (excluding diaryl/α,β-unsaturated/α-hetero) is 1. The minimum atomic E-state index is -1.04. The standard InChI is InChI=1S/C20H23NO5/c1-3-4-5-6-7-8-9-10-11-12-16(22)18-19(25)15(13-14-17(23)24)21(2)20(18)26/h3-12,15,22H,13-14H2,1-2H3,(H,23,24)/b4-3+,6-5+,8-7+,10-9+,12-11+,18-16-/t15-/m1/s1. The van der Waals surface area contributed by atoms with Gasteiger partial charge >= 0.3 is 5.97 Å². The van der Waals surface area contributed by atoms with Gasteiger partial charge in [-0.05, 0) is 19.4 Å². The molecule has 2 N–H and O–H groups in total. The lowest BCUT2D eigenvalue weighted by molar-refractivity contribution is -0.138. The Hall–Kier alpha value is -3.15. The number of likely N-dealkylation sites (tertiary alicyclic amines) is 1. The molecule has 6 nitrogen and oxygen atoms in total. The van der Waals surface area contributed by atoms with E-state index in [2.05, 4.69) is 0 Å². The predicted octanol–water partition coefficient (Wildman–Crippen LogP) is 2.87. The maximum absolute atomic E-state index is 12.3. The average Bonchev–Trinajstić information content (AvgIpc) is 2.80. The van der Waals surface area contributed by atoms with Gasteiger partial charge in [0, 0.05) is 13.5 Å². The number of ketones is 1. The summed E-state index contributed by atoms with van der Waals surface area (Å²) in [6.45, 7) is 1.92. The van der Waals surface area contributed by atoms with E-state index in [1.807, 2.05) is 37.3 Å². The highest BCUT2D eigenvalue weighted by atomic mass is 16.4. The van der Waals surface area contributed by atoms with Crippen LogP contribution in [0.5, 0.6) is 0 Å². The highest BCUT2D eigenvalue weighted by Crippen LogP contribution is 2.24. The topological polar surface area (TPSA) is 94.9 Å². The quantitative estimate of drug-likeness (QED) is 0.301. The van der Waals surface area contributed by atoms with E-state index >= 15 is 0 Å². The van der Waals surface area contributed by atoms with Crippen LogP contribution in [0.25, 0.3) is 0 Å². The Balaban J connectivity index is 2.77. The van der Waals surface area contributed by atoms with Crippen LogP contribution in [-0.2, 0) is 14.4 Å². The molecule has 1 saturated heterocycles. The first kappa shape index (κ1) is 20.9. The second-order valence-corrected chi connectivity index (χ2v) is 5.53. The number of aliphatic hydroxyl groups excluding tert-OH is 1. The van der Waals surface area contributed by atoms with Crippen molar-refractivity contribution >= 4 is 17.7 Å². The Morgan fingerprint density at radius 1 is 1.00 bits per heavy atom. The summed E-state index contributed by atoms with van der Waals surface area (Å²) < 4.78 is 0. The second kappa shape index (κ2) is 10.7. The van der Waals surface area contributed by atoms with Gasteiger partial charge in [0.1, 0.15) is 11.3 Å². The van der Waals surface area contributed by atoms with Crippen LogP contribution in [-0.4, -0.2) is 45.9 Å². The molecule has 1 amide bonds. The molecule has 0 aromatic carbocycles. The Labute approximate surface area is 152 Å². The number of nitrogens with zero attached hydrogens (tertiary/aromatic N) is 1. The smallest absolute Gasteiger partial charge is 0.303 e. The fourth-order valence-corrected chi connectivity index (χ4v) is 2.31. The number of carbonyl (C=O) groups is 3. The van der Waals surface area contributed by atoms with Crippen LogP contribution < -0.4 is 0 Å². The monoisotopic (exact) mass is 357 g/mol. The molecule has 1 heterocycles. The van der Waals surface area contributed by atoms with Crippen LogP contribution in [0.3, 0.4) is 0 Å². The summed E-state index contributed by atoms with van der Waals surface area (Å²) in [6, 6.07) is -0.855. The third-order valence-corrected chi connectivity index (χ3v) is 3.66. The summed E-state index contributed by atoms with van der Waals surface area (Å²) in [4.78, 5) is 36.3. The van der Waals surface area contributed by atoms with E-state index in [4.69, 9.17) is 5.11 Å². The molecule has 26 heavy (non-hydrogen) atoms. The van der Waals surface area contributed by atoms with Crippen LogP contribution in [0.2, 0.25) is 0 Å². The number of aliphatic carboxylic acids is 1. The molecule has 0 spiro atoms. The van der Waals surface area contributed by atoms with Crippen LogP contribution >= 0.6 is 0 Å². The number of allylic oxidation sites excluding steroid dienone is 10. The Morgan fingerprint density at radius 2 is 1.54 bits per heavy atom. The zero-order valence-corrected chi connectivity index (χ0v) is 14.8. The van der Waals surface area contributed by atoms with Crippen molar-refractivity contribution in [2.24, 2.45) is 0 Å². The number of carboxylic acids is 1. The Kier molecular flexibility index (Phi) is 8.57. The van der Waals surface area contributed by atoms with Crippen molar-refractivity contribution in [1.82, 2.24) is 4.90 Å². The first-order valence-electron chi connectivity index (χ1n) is 8.16. The van der Waals surface area contributed by atoms with E-state index in [0.717, 1.165) is 0 Å². The highest BCUT2D eigenvalue weighted by Gasteiger charge is 2.42. The highest BCUT2D eigenvalue weighted by molar-refractivity contribution is 6.26. The molecule has 0 aromatic heterocycles. The average molecular weight is 357 g/mol. The fraction of sp³-hybridized carbons (Fsp3) is 0.250. The summed E-state index contributed by atoms with van der Waals surface area (Å²) >= 11 is 0. The lowest BCUT2D eigenvalue weighted by Gasteiger charge is -2.16. The van der Waals surface area contributed by atoms with E-state index in [9.17, 15) is 19.5 Å². The molecule has 0 unspecified atom stereocenters. The molecule has 1 fully saturated rings. The molecule has 1 rings (SSSR count). The Bertz CT molecular complexity index is 722. The van der Waals surface area contributed by atoms with E-state index in [0.29, 0.717) is 0 Å². The van der Waals surface area contributed by atoms with Gasteiger partial charge in [-0.1, -0.05) is 54.7 Å². The van der Waals surface area contributed by atoms with Gasteiger partial charge in [-0.3, -0.25) is 14.4 Å². The molecule has 0 bridgehead atoms. The van der Waals surface area contributed by atoms with Crippen molar-refractivity contribution in [3.05, 3.63) is 72.1 Å². The van der Waals surface area contributed by atoms with E-state index in [1.54, 1.807) is 18.2 Å². The lowest BCUT2D eigenvalue weighted by atomic mass is 10.0. The zero-order valence-electron chi connectivity index (χ0n) is 14.8. The molecule has 1 aliphatic rings. The maximum Gasteiger partial charge on any atom is 0.303 e. The molecular formula is C20H23NO5. The number of rotatable bonds is 8. The maximum atomic E-state index is 12.3. The lowest BCUT2D eigenvalue weighted by Crippen LogP contribution is -2.32. The SMILES string of the molecule is C/C=C/C=C/C=C/C=C/C=C/C(O)=C1\C(=O)[C@@H](CCC(=O)O)N(C)C1=O. The molecule has 6 heteroatoms. The van der Waals surface area contributed by atoms with Crippen molar-refractivity contribution in [1.29, 1.82) is 0 Å². The van der Waals surface area contributed by atoms with E-state index in [1.165, 1.54) is 24.1 Å². The largest absolute Gasteiger partial charge is 0.507 e. The van der Waals surface area contributed by atoms with Gasteiger partial charge in [0.25, 0.3) is 5.91 Å². The van der Waals surface area contributed by atoms with Crippen molar-refractivity contribution < 1.29 is 24.6 Å². The number of carbonyl (C=O) groups excluding carboxylic acids is 2. The van der Waals surface area contributed by atoms with Crippen molar-refractivity contribution in [2.75, 3.05) is 7.05 Å². The minimum Gasteiger partial charge on any atom is -0.507 e. The molecule has 138 valence electrons. The van der Waals surface area contributed by atoms with Crippen LogP contribution in [0.1, 0.15) is 19.8 Å². The van der Waals surface area contributed by atoms with E-state index < -0.39 is 29.5 Å². The van der Waals surface area contributed by atoms with Crippen LogP contribution in [0, 0.1) is 0 Å². The summed E-state index contributed by atoms with van der Waals surface area (Å²) in [5, 5.41) is 18.8. The van der Waals surface area contributed by atoms with Crippen molar-refractivity contribution in [3.63, 3.8) is 0 Å². The van der Waals surface area contributed by atoms with Gasteiger partial charge in [-0.25, -0.2) is 0 Å². The fourth-order valence-electron chi connectivity index (χ4n) is 2.31. The van der Waals surface area contributed by atoms with E-state index in [-0.39, 0.29) is 18.4 Å². The second-order valence-electron chi connectivity index (χ2n) is 5.53. The van der Waals surface area contributed by atoms with Crippen LogP contribution in [0.4, 0.5) is 0 Å². The zero-order chi connectivity index (χ0) is 19.5. The molecular weight excluding hydrogens is 334 g/mol. The van der Waals surface area contributed by atoms with Crippen molar-refractivity contribution in [2.45, 2.75) is 25.8 Å². The normalized spacial score (nSPS) is 20.8. The van der Waals surface area contributed by atoms with Gasteiger partial charge in [0.2, 0.25) is 0 Å². The number of hydrogen-bond acceptors (Lipinski definition) is 4. The summed E-state index contributed by atoms with van der Waals surface area (Å²) in [7, 11) is 1.42. The summed E-state index contributed by atoms with van der Waals surface area (Å²) in [5.41, 5.74) is -0.308. The summed E-state index contributed by atoms with van der Waals surface area (Å²) in [5.74, 6) is -2.63. The minimum absolute atomic E-state index is 0.0162. The predicted molar refractivity (Wildman–Crippen MR) is 99.5 cm³/mol. The first-order valence-corrected chi connectivity index (χ1v) is 8.16. The summed E-state index contributed by atoms with van der Waals surface area (Å²) in [6.07, 6.45) is 17.1. The molecule has 0 aromatic rings. The van der Waals surface area contributed by atoms with Gasteiger partial charge in [0.15, 0.2) is 5.78 Å². The van der Waals surface area contributed by atoms with Gasteiger partial charge in [-0.15, -0.1) is 0 Å². The molecule has 0 aliphatic carbocycles. The van der Waals surface area contributed by atoms with Gasteiger partial charge < -0.3 is 15.1 Å². The third-order valence-electron chi connectivity index (χ3n) is 3.66. The van der Waals surface area contributed by atoms with Crippen LogP contribution in [0.15, 0.2) is 72.1 Å². The number of amides is 1. The first-order chi connectivity index (χ1) is 12.4. The molecule has 0 radical (unpaired) electrons. The third kappa shape index (κ3) is 6.05. The molecule has 0 saturated carbocycles. The number of likely N-dealkylation sites (N-methyl/N-ethyl adjacent to an activating group) is 1. The Morgan fingerprint density at radius 3 is 2.08 bits per heavy atom. The van der Waals surface area contributed by atoms with Crippen molar-refractivity contribution in [3.8, 4) is 0 Å². The number of carboxylic acid groups (broad SMARTS) is 1. The molecule has 1 aliphatic heterocycles. The van der Waals surface area contributed by atoms with Gasteiger partial charge in [-0.2, -0.15) is 0 Å². The molecule has 1 atom stereocenters.